The van der Waals surface area contributed by atoms with Crippen molar-refractivity contribution >= 4 is 6.47 Å². The first kappa shape index (κ1) is 19.2. The number of aromatic nitrogens is 4. The lowest BCUT2D eigenvalue weighted by Gasteiger charge is -2.32. The molecule has 3 N–H and O–H groups in total. The van der Waals surface area contributed by atoms with Gasteiger partial charge in [-0.05, 0) is 38.3 Å². The third-order valence-electron chi connectivity index (χ3n) is 4.62. The highest BCUT2D eigenvalue weighted by atomic mass is 16.3. The van der Waals surface area contributed by atoms with Crippen molar-refractivity contribution in [2.75, 3.05) is 13.1 Å². The van der Waals surface area contributed by atoms with Crippen LogP contribution in [0.3, 0.4) is 0 Å². The number of nitrogens with one attached hydrogen (secondary N) is 2. The van der Waals surface area contributed by atoms with Crippen LogP contribution in [-0.2, 0) is 17.8 Å². The molecule has 0 saturated carbocycles. The fourth-order valence-corrected chi connectivity index (χ4v) is 3.40. The monoisotopic (exact) mass is 347 g/mol. The first-order valence-corrected chi connectivity index (χ1v) is 9.00. The molecule has 0 aliphatic carbocycles. The van der Waals surface area contributed by atoms with Crippen LogP contribution in [0.4, 0.5) is 0 Å². The van der Waals surface area contributed by atoms with E-state index in [1.807, 2.05) is 12.4 Å². The van der Waals surface area contributed by atoms with E-state index in [0.29, 0.717) is 5.92 Å². The maximum atomic E-state index is 8.36. The van der Waals surface area contributed by atoms with Gasteiger partial charge in [0.1, 0.15) is 5.82 Å². The highest BCUT2D eigenvalue weighted by molar-refractivity contribution is 5.32. The molecule has 1 saturated heterocycles. The summed E-state index contributed by atoms with van der Waals surface area (Å²) in [6.07, 6.45) is 9.93. The molecule has 1 unspecified atom stereocenters. The molecule has 138 valence electrons. The molecule has 1 aliphatic rings. The second kappa shape index (κ2) is 9.98. The number of carbonyl (C=O) groups is 1. The van der Waals surface area contributed by atoms with Crippen LogP contribution in [0.25, 0.3) is 0 Å². The van der Waals surface area contributed by atoms with Crippen LogP contribution in [0.5, 0.6) is 0 Å². The zero-order chi connectivity index (χ0) is 18.1. The van der Waals surface area contributed by atoms with Crippen LogP contribution in [-0.4, -0.2) is 49.7 Å². The Hall–Kier alpha value is -2.15. The first-order valence-electron chi connectivity index (χ1n) is 9.00. The number of hydrogen-bond donors (Lipinski definition) is 3. The Balaban J connectivity index is 0.000000701. The van der Waals surface area contributed by atoms with E-state index < -0.39 is 0 Å². The third-order valence-corrected chi connectivity index (χ3v) is 4.62. The van der Waals surface area contributed by atoms with Crippen molar-refractivity contribution in [1.82, 2.24) is 25.1 Å². The molecule has 3 rings (SSSR count). The number of likely N-dealkylation sites (tertiary alicyclic amines) is 1. The molecular formula is C18H29N5O2. The van der Waals surface area contributed by atoms with E-state index in [1.54, 1.807) is 0 Å². The number of carboxylic acid groups (broad SMARTS) is 1. The minimum Gasteiger partial charge on any atom is -0.483 e. The molecule has 1 atom stereocenters. The Kier molecular flexibility index (Phi) is 7.66. The smallest absolute Gasteiger partial charge is 0.290 e. The molecule has 0 radical (unpaired) electrons. The van der Waals surface area contributed by atoms with Crippen LogP contribution in [0.1, 0.15) is 61.3 Å². The molecule has 0 spiro atoms. The second-order valence-corrected chi connectivity index (χ2v) is 6.61. The molecule has 2 aromatic heterocycles. The van der Waals surface area contributed by atoms with E-state index >= 15 is 0 Å². The van der Waals surface area contributed by atoms with Crippen LogP contribution in [0.2, 0.25) is 0 Å². The summed E-state index contributed by atoms with van der Waals surface area (Å²) in [5, 5.41) is 14.3. The Morgan fingerprint density at radius 3 is 2.92 bits per heavy atom. The Morgan fingerprint density at radius 2 is 2.24 bits per heavy atom. The predicted octanol–water partition coefficient (Wildman–Crippen LogP) is 2.86. The van der Waals surface area contributed by atoms with E-state index in [-0.39, 0.29) is 6.47 Å². The van der Waals surface area contributed by atoms with Gasteiger partial charge in [-0.25, -0.2) is 4.98 Å². The van der Waals surface area contributed by atoms with Crippen molar-refractivity contribution in [1.29, 1.82) is 0 Å². The highest BCUT2D eigenvalue weighted by Gasteiger charge is 2.24. The minimum atomic E-state index is -0.250. The zero-order valence-corrected chi connectivity index (χ0v) is 15.2. The van der Waals surface area contributed by atoms with Crippen LogP contribution in [0.15, 0.2) is 12.4 Å². The Morgan fingerprint density at radius 1 is 1.44 bits per heavy atom. The molecule has 0 bridgehead atoms. The number of aryl methyl sites for hydroxylation is 2. The van der Waals surface area contributed by atoms with Gasteiger partial charge in [-0.15, -0.1) is 0 Å². The predicted molar refractivity (Wildman–Crippen MR) is 96.5 cm³/mol. The quantitative estimate of drug-likeness (QED) is 0.698. The van der Waals surface area contributed by atoms with Gasteiger partial charge in [0.15, 0.2) is 0 Å². The van der Waals surface area contributed by atoms with Crippen molar-refractivity contribution in [3.8, 4) is 0 Å². The summed E-state index contributed by atoms with van der Waals surface area (Å²) in [5.74, 6) is 1.72. The largest absolute Gasteiger partial charge is 0.483 e. The van der Waals surface area contributed by atoms with Gasteiger partial charge in [-0.1, -0.05) is 13.3 Å². The van der Waals surface area contributed by atoms with E-state index in [9.17, 15) is 0 Å². The molecule has 0 amide bonds. The zero-order valence-electron chi connectivity index (χ0n) is 15.2. The van der Waals surface area contributed by atoms with Crippen molar-refractivity contribution in [3.63, 3.8) is 0 Å². The number of H-pyrrole nitrogens is 2. The molecule has 25 heavy (non-hydrogen) atoms. The summed E-state index contributed by atoms with van der Waals surface area (Å²) in [5.41, 5.74) is 3.85. The molecule has 3 heterocycles. The number of aromatic amines is 2. The number of unbranched alkanes of at least 4 members (excludes halogenated alkanes) is 1. The lowest BCUT2D eigenvalue weighted by atomic mass is 9.93. The van der Waals surface area contributed by atoms with Crippen molar-refractivity contribution in [2.45, 2.75) is 58.4 Å². The van der Waals surface area contributed by atoms with Gasteiger partial charge in [0, 0.05) is 43.0 Å². The average Bonchev–Trinajstić information content (AvgIpc) is 3.23. The number of piperidine rings is 1. The lowest BCUT2D eigenvalue weighted by Crippen LogP contribution is -2.34. The van der Waals surface area contributed by atoms with E-state index in [0.717, 1.165) is 25.3 Å². The summed E-state index contributed by atoms with van der Waals surface area (Å²) < 4.78 is 0. The second-order valence-electron chi connectivity index (χ2n) is 6.61. The topological polar surface area (TPSA) is 97.9 Å². The van der Waals surface area contributed by atoms with Crippen LogP contribution in [0, 0.1) is 6.92 Å². The maximum absolute atomic E-state index is 8.36. The van der Waals surface area contributed by atoms with E-state index in [2.05, 4.69) is 38.9 Å². The standard InChI is InChI=1S/C17H27N5.CH2O2/c1-3-4-7-16-18-10-15(20-16)12-22-8-5-6-14(11-22)17-13(2)9-19-21-17;2-1-3/h9-10,14H,3-8,11-12H2,1-2H3,(H,18,20)(H,19,21);1H,(H,2,3). The maximum Gasteiger partial charge on any atom is 0.290 e. The summed E-state index contributed by atoms with van der Waals surface area (Å²) in [4.78, 5) is 18.9. The molecule has 0 aromatic carbocycles. The van der Waals surface area contributed by atoms with Crippen molar-refractivity contribution < 1.29 is 9.90 Å². The van der Waals surface area contributed by atoms with Gasteiger partial charge in [0.25, 0.3) is 6.47 Å². The molecule has 7 nitrogen and oxygen atoms in total. The SMILES string of the molecule is CCCCc1ncc(CN2CCCC(c3[nH]ncc3C)C2)[nH]1.O=CO. The lowest BCUT2D eigenvalue weighted by molar-refractivity contribution is -0.122. The molecule has 1 fully saturated rings. The Labute approximate surface area is 148 Å². The van der Waals surface area contributed by atoms with Crippen molar-refractivity contribution in [3.05, 3.63) is 35.2 Å². The van der Waals surface area contributed by atoms with Gasteiger partial charge in [-0.3, -0.25) is 14.8 Å². The van der Waals surface area contributed by atoms with Gasteiger partial charge in [0.05, 0.1) is 6.20 Å². The first-order chi connectivity index (χ1) is 12.2. The minimum absolute atomic E-state index is 0.250. The summed E-state index contributed by atoms with van der Waals surface area (Å²) in [7, 11) is 0. The summed E-state index contributed by atoms with van der Waals surface area (Å²) in [6.45, 7) is 7.37. The Bertz CT molecular complexity index is 637. The summed E-state index contributed by atoms with van der Waals surface area (Å²) in [6, 6.07) is 0. The highest BCUT2D eigenvalue weighted by Crippen LogP contribution is 2.28. The van der Waals surface area contributed by atoms with Gasteiger partial charge in [-0.2, -0.15) is 5.10 Å². The fraction of sp³-hybridized carbons (Fsp3) is 0.611. The van der Waals surface area contributed by atoms with E-state index in [1.165, 1.54) is 49.2 Å². The van der Waals surface area contributed by atoms with Gasteiger partial charge >= 0.3 is 0 Å². The fourth-order valence-electron chi connectivity index (χ4n) is 3.40. The van der Waals surface area contributed by atoms with E-state index in [4.69, 9.17) is 9.90 Å². The molecular weight excluding hydrogens is 318 g/mol. The van der Waals surface area contributed by atoms with Crippen molar-refractivity contribution in [2.24, 2.45) is 0 Å². The number of nitrogens with zero attached hydrogens (tertiary/aromatic N) is 3. The average molecular weight is 347 g/mol. The number of rotatable bonds is 6. The number of imidazole rings is 1. The number of hydrogen-bond acceptors (Lipinski definition) is 4. The van der Waals surface area contributed by atoms with Crippen LogP contribution < -0.4 is 0 Å². The summed E-state index contributed by atoms with van der Waals surface area (Å²) >= 11 is 0. The molecule has 7 heteroatoms. The van der Waals surface area contributed by atoms with Gasteiger partial charge < -0.3 is 10.1 Å². The molecule has 2 aromatic rings. The normalized spacial score (nSPS) is 17.8. The molecule has 1 aliphatic heterocycles. The van der Waals surface area contributed by atoms with Gasteiger partial charge in [0.2, 0.25) is 0 Å². The van der Waals surface area contributed by atoms with Crippen LogP contribution >= 0.6 is 0 Å². The third kappa shape index (κ3) is 5.70.